The Morgan fingerprint density at radius 1 is 1.25 bits per heavy atom. The predicted molar refractivity (Wildman–Crippen MR) is 56.8 cm³/mol. The molecule has 0 atom stereocenters. The summed E-state index contributed by atoms with van der Waals surface area (Å²) in [5, 5.41) is 11.0. The van der Waals surface area contributed by atoms with Crippen LogP contribution < -0.4 is 10.5 Å². The first-order valence-electron chi connectivity index (χ1n) is 4.13. The molecule has 0 N–H and O–H groups in total. The third-order valence-corrected chi connectivity index (χ3v) is 2.45. The molecule has 0 saturated heterocycles. The van der Waals surface area contributed by atoms with E-state index in [4.69, 9.17) is 27.6 Å². The minimum Gasteiger partial charge on any atom is -0.542 e. The highest BCUT2D eigenvalue weighted by molar-refractivity contribution is 6.38. The Morgan fingerprint density at radius 2 is 1.94 bits per heavy atom. The van der Waals surface area contributed by atoms with Gasteiger partial charge >= 0.3 is 0 Å². The molecule has 0 spiro atoms. The number of carboxylic acid groups (broad SMARTS) is 1. The standard InChI is InChI=1S/C10H4Cl2O4/c11-4-1-5-7(13)3-8(10(14)15)16-9(5)6(12)2-4/h1-3H,(H,14,15)/p-1. The molecule has 1 aromatic carbocycles. The van der Waals surface area contributed by atoms with E-state index in [9.17, 15) is 14.7 Å². The molecule has 0 aliphatic carbocycles. The highest BCUT2D eigenvalue weighted by Crippen LogP contribution is 2.26. The van der Waals surface area contributed by atoms with Gasteiger partial charge in [-0.3, -0.25) is 4.79 Å². The summed E-state index contributed by atoms with van der Waals surface area (Å²) in [4.78, 5) is 22.1. The van der Waals surface area contributed by atoms with Crippen molar-refractivity contribution in [2.75, 3.05) is 0 Å². The molecule has 0 unspecified atom stereocenters. The van der Waals surface area contributed by atoms with Gasteiger partial charge in [0.25, 0.3) is 0 Å². The Labute approximate surface area is 99.0 Å². The van der Waals surface area contributed by atoms with E-state index in [0.29, 0.717) is 0 Å². The molecule has 82 valence electrons. The van der Waals surface area contributed by atoms with E-state index in [0.717, 1.165) is 6.07 Å². The van der Waals surface area contributed by atoms with Gasteiger partial charge in [0.1, 0.15) is 5.97 Å². The quantitative estimate of drug-likeness (QED) is 0.776. The van der Waals surface area contributed by atoms with Gasteiger partial charge in [-0.1, -0.05) is 23.2 Å². The van der Waals surface area contributed by atoms with Crippen molar-refractivity contribution in [1.82, 2.24) is 0 Å². The third-order valence-electron chi connectivity index (χ3n) is 1.95. The van der Waals surface area contributed by atoms with Crippen LogP contribution in [-0.2, 0) is 0 Å². The lowest BCUT2D eigenvalue weighted by Crippen LogP contribution is -2.23. The second-order valence-corrected chi connectivity index (χ2v) is 3.87. The summed E-state index contributed by atoms with van der Waals surface area (Å²) in [7, 11) is 0. The third kappa shape index (κ3) is 1.77. The van der Waals surface area contributed by atoms with Gasteiger partial charge in [-0.05, 0) is 12.1 Å². The van der Waals surface area contributed by atoms with E-state index in [2.05, 4.69) is 0 Å². The number of carbonyl (C=O) groups is 1. The van der Waals surface area contributed by atoms with Crippen molar-refractivity contribution in [3.05, 3.63) is 44.2 Å². The lowest BCUT2D eigenvalue weighted by atomic mass is 10.2. The Hall–Kier alpha value is -1.52. The molecule has 1 heterocycles. The zero-order chi connectivity index (χ0) is 11.9. The van der Waals surface area contributed by atoms with Crippen LogP contribution in [0.4, 0.5) is 0 Å². The van der Waals surface area contributed by atoms with Crippen LogP contribution in [0, 0.1) is 0 Å². The summed E-state index contributed by atoms with van der Waals surface area (Å²) in [5.41, 5.74) is -0.553. The maximum Gasteiger partial charge on any atom is 0.193 e. The molecule has 0 radical (unpaired) electrons. The van der Waals surface area contributed by atoms with Crippen molar-refractivity contribution in [1.29, 1.82) is 0 Å². The first kappa shape index (κ1) is 11.0. The van der Waals surface area contributed by atoms with Crippen LogP contribution in [0.5, 0.6) is 0 Å². The van der Waals surface area contributed by atoms with Crippen molar-refractivity contribution in [2.45, 2.75) is 0 Å². The number of aromatic carboxylic acids is 1. The van der Waals surface area contributed by atoms with E-state index in [1.807, 2.05) is 0 Å². The number of fused-ring (bicyclic) bond motifs is 1. The van der Waals surface area contributed by atoms with Gasteiger partial charge in [0.05, 0.1) is 10.4 Å². The molecule has 0 aliphatic rings. The van der Waals surface area contributed by atoms with Crippen LogP contribution in [0.3, 0.4) is 0 Å². The molecule has 4 nitrogen and oxygen atoms in total. The van der Waals surface area contributed by atoms with Crippen molar-refractivity contribution in [3.63, 3.8) is 0 Å². The van der Waals surface area contributed by atoms with Gasteiger partial charge in [0.15, 0.2) is 16.8 Å². The Morgan fingerprint density at radius 3 is 2.56 bits per heavy atom. The van der Waals surface area contributed by atoms with Crippen LogP contribution >= 0.6 is 23.2 Å². The zero-order valence-electron chi connectivity index (χ0n) is 7.62. The van der Waals surface area contributed by atoms with E-state index < -0.39 is 17.2 Å². The normalized spacial score (nSPS) is 10.6. The molecule has 0 saturated carbocycles. The number of carboxylic acids is 1. The van der Waals surface area contributed by atoms with Crippen LogP contribution in [0.1, 0.15) is 10.6 Å². The van der Waals surface area contributed by atoms with Gasteiger partial charge in [-0.15, -0.1) is 0 Å². The summed E-state index contributed by atoms with van der Waals surface area (Å²) in [6, 6.07) is 3.53. The first-order valence-corrected chi connectivity index (χ1v) is 4.89. The summed E-state index contributed by atoms with van der Waals surface area (Å²) in [5.74, 6) is -2.15. The van der Waals surface area contributed by atoms with Gasteiger partial charge < -0.3 is 14.3 Å². The second kappa shape index (κ2) is 3.81. The molecular weight excluding hydrogens is 255 g/mol. The molecule has 0 bridgehead atoms. The molecule has 1 aromatic heterocycles. The van der Waals surface area contributed by atoms with Crippen molar-refractivity contribution < 1.29 is 14.3 Å². The van der Waals surface area contributed by atoms with Crippen molar-refractivity contribution >= 4 is 40.1 Å². The lowest BCUT2D eigenvalue weighted by Gasteiger charge is -2.04. The smallest absolute Gasteiger partial charge is 0.193 e. The number of hydrogen-bond donors (Lipinski definition) is 0. The summed E-state index contributed by atoms with van der Waals surface area (Å²) in [6.45, 7) is 0. The van der Waals surface area contributed by atoms with Gasteiger partial charge in [0.2, 0.25) is 0 Å². The molecule has 0 fully saturated rings. The lowest BCUT2D eigenvalue weighted by molar-refractivity contribution is -0.257. The van der Waals surface area contributed by atoms with Crippen LogP contribution in [0.25, 0.3) is 11.0 Å². The monoisotopic (exact) mass is 257 g/mol. The highest BCUT2D eigenvalue weighted by atomic mass is 35.5. The number of rotatable bonds is 1. The molecular formula is C10H3Cl2O4-. The Balaban J connectivity index is 2.93. The average molecular weight is 258 g/mol. The predicted octanol–water partition coefficient (Wildman–Crippen LogP) is 1.46. The first-order chi connectivity index (χ1) is 7.49. The van der Waals surface area contributed by atoms with E-state index in [1.54, 1.807) is 0 Å². The molecule has 2 aromatic rings. The SMILES string of the molecule is O=C([O-])c1cc(=O)c2cc(Cl)cc(Cl)c2o1. The van der Waals surface area contributed by atoms with E-state index in [-0.39, 0.29) is 21.0 Å². The maximum atomic E-state index is 11.5. The van der Waals surface area contributed by atoms with E-state index in [1.165, 1.54) is 12.1 Å². The molecule has 0 aliphatic heterocycles. The van der Waals surface area contributed by atoms with Gasteiger partial charge in [0, 0.05) is 11.1 Å². The van der Waals surface area contributed by atoms with Crippen molar-refractivity contribution in [3.8, 4) is 0 Å². The number of halogens is 2. The topological polar surface area (TPSA) is 70.3 Å². The summed E-state index contributed by atoms with van der Waals surface area (Å²) in [6.07, 6.45) is 0. The van der Waals surface area contributed by atoms with Crippen LogP contribution in [0.2, 0.25) is 10.0 Å². The van der Waals surface area contributed by atoms with Crippen LogP contribution in [0.15, 0.2) is 27.4 Å². The average Bonchev–Trinajstić information content (AvgIpc) is 2.19. The molecule has 2 rings (SSSR count). The maximum absolute atomic E-state index is 11.5. The molecule has 6 heteroatoms. The Bertz CT molecular complexity index is 645. The minimum atomic E-state index is -1.58. The number of carbonyl (C=O) groups excluding carboxylic acids is 1. The minimum absolute atomic E-state index is 0.0160. The zero-order valence-corrected chi connectivity index (χ0v) is 9.13. The van der Waals surface area contributed by atoms with Crippen molar-refractivity contribution in [2.24, 2.45) is 0 Å². The fourth-order valence-corrected chi connectivity index (χ4v) is 1.82. The molecule has 0 amide bonds. The fraction of sp³-hybridized carbons (Fsp3) is 0. The van der Waals surface area contributed by atoms with E-state index >= 15 is 0 Å². The number of hydrogen-bond acceptors (Lipinski definition) is 4. The largest absolute Gasteiger partial charge is 0.542 e. The second-order valence-electron chi connectivity index (χ2n) is 3.03. The van der Waals surface area contributed by atoms with Crippen LogP contribution in [-0.4, -0.2) is 5.97 Å². The highest BCUT2D eigenvalue weighted by Gasteiger charge is 2.10. The number of benzene rings is 1. The fourth-order valence-electron chi connectivity index (χ4n) is 1.28. The van der Waals surface area contributed by atoms with Gasteiger partial charge in [-0.25, -0.2) is 0 Å². The Kier molecular flexibility index (Phi) is 2.61. The summed E-state index contributed by atoms with van der Waals surface area (Å²) < 4.78 is 4.94. The van der Waals surface area contributed by atoms with Gasteiger partial charge in [-0.2, -0.15) is 0 Å². The summed E-state index contributed by atoms with van der Waals surface area (Å²) >= 11 is 11.5. The molecule has 16 heavy (non-hydrogen) atoms.